The Morgan fingerprint density at radius 2 is 1.83 bits per heavy atom. The van der Waals surface area contributed by atoms with Crippen LogP contribution in [0.3, 0.4) is 0 Å². The largest absolute Gasteiger partial charge is 0.481 e. The molecule has 36 heavy (non-hydrogen) atoms. The molecule has 0 saturated heterocycles. The van der Waals surface area contributed by atoms with E-state index in [0.717, 1.165) is 23.9 Å². The number of carboxylic acid groups (broad SMARTS) is 1. The second-order valence-electron chi connectivity index (χ2n) is 9.94. The Morgan fingerprint density at radius 1 is 1.14 bits per heavy atom. The highest BCUT2D eigenvalue weighted by atomic mass is 19.4. The molecule has 1 aliphatic carbocycles. The zero-order chi connectivity index (χ0) is 26.3. The van der Waals surface area contributed by atoms with Gasteiger partial charge in [0.15, 0.2) is 0 Å². The van der Waals surface area contributed by atoms with Crippen LogP contribution in [0.5, 0.6) is 0 Å². The summed E-state index contributed by atoms with van der Waals surface area (Å²) in [6.45, 7) is 5.25. The maximum atomic E-state index is 13.0. The summed E-state index contributed by atoms with van der Waals surface area (Å²) >= 11 is 0. The van der Waals surface area contributed by atoms with Gasteiger partial charge < -0.3 is 15.5 Å². The molecule has 1 saturated carbocycles. The number of carbonyl (C=O) groups is 1. The molecule has 3 N–H and O–H groups in total. The molecule has 3 aromatic heterocycles. The Balaban J connectivity index is 1.53. The first kappa shape index (κ1) is 25.6. The minimum Gasteiger partial charge on any atom is -0.481 e. The molecule has 0 aromatic carbocycles. The Bertz CT molecular complexity index is 1260. The molecule has 0 bridgehead atoms. The van der Waals surface area contributed by atoms with Gasteiger partial charge in [-0.15, -0.1) is 0 Å². The smallest absolute Gasteiger partial charge is 0.416 e. The Kier molecular flexibility index (Phi) is 6.54. The van der Waals surface area contributed by atoms with Crippen molar-refractivity contribution in [2.24, 2.45) is 11.3 Å². The molecular formula is C25H28F3N5O3. The molecule has 8 nitrogen and oxygen atoms in total. The third-order valence-electron chi connectivity index (χ3n) is 7.01. The monoisotopic (exact) mass is 503 g/mol. The first-order chi connectivity index (χ1) is 16.8. The van der Waals surface area contributed by atoms with E-state index in [1.165, 1.54) is 6.33 Å². The Labute approximate surface area is 206 Å². The van der Waals surface area contributed by atoms with E-state index in [1.807, 2.05) is 6.92 Å². The number of pyridine rings is 2. The molecule has 0 radical (unpaired) electrons. The fraction of sp³-hybridized carbons (Fsp3) is 0.440. The van der Waals surface area contributed by atoms with E-state index in [0.29, 0.717) is 43.0 Å². The zero-order valence-electron chi connectivity index (χ0n) is 20.2. The Morgan fingerprint density at radius 3 is 2.47 bits per heavy atom. The van der Waals surface area contributed by atoms with E-state index < -0.39 is 28.7 Å². The number of hydrogen-bond donors (Lipinski definition) is 3. The van der Waals surface area contributed by atoms with E-state index in [4.69, 9.17) is 0 Å². The van der Waals surface area contributed by atoms with E-state index >= 15 is 0 Å². The highest BCUT2D eigenvalue weighted by Gasteiger charge is 2.44. The molecule has 192 valence electrons. The third kappa shape index (κ3) is 5.20. The molecule has 0 amide bonds. The lowest BCUT2D eigenvalue weighted by Gasteiger charge is -2.40. The summed E-state index contributed by atoms with van der Waals surface area (Å²) in [5, 5.41) is 23.6. The molecule has 11 heteroatoms. The van der Waals surface area contributed by atoms with Gasteiger partial charge in [-0.05, 0) is 82.2 Å². The summed E-state index contributed by atoms with van der Waals surface area (Å²) in [5.41, 5.74) is -1.60. The van der Waals surface area contributed by atoms with Gasteiger partial charge in [0.25, 0.3) is 0 Å². The van der Waals surface area contributed by atoms with Crippen LogP contribution < -0.4 is 5.32 Å². The van der Waals surface area contributed by atoms with E-state index in [2.05, 4.69) is 20.3 Å². The Hall–Kier alpha value is -3.47. The quantitative estimate of drug-likeness (QED) is 0.423. The van der Waals surface area contributed by atoms with E-state index in [9.17, 15) is 28.2 Å². The third-order valence-corrected chi connectivity index (χ3v) is 7.01. The van der Waals surface area contributed by atoms with Crippen LogP contribution in [-0.4, -0.2) is 35.7 Å². The fourth-order valence-corrected chi connectivity index (χ4v) is 4.59. The number of hydrogen-bond acceptors (Lipinski definition) is 6. The fourth-order valence-electron chi connectivity index (χ4n) is 4.59. The lowest BCUT2D eigenvalue weighted by atomic mass is 9.67. The summed E-state index contributed by atoms with van der Waals surface area (Å²) in [6.07, 6.45) is 1.69. The highest BCUT2D eigenvalue weighted by molar-refractivity contribution is 5.74. The number of aliphatic hydroxyl groups is 1. The summed E-state index contributed by atoms with van der Waals surface area (Å²) in [5.74, 6) is -0.114. The van der Waals surface area contributed by atoms with Crippen LogP contribution in [0.4, 0.5) is 24.8 Å². The second-order valence-corrected chi connectivity index (χ2v) is 9.94. The summed E-state index contributed by atoms with van der Waals surface area (Å²) in [7, 11) is 0. The standard InChI is InChI=1S/C25H28F3N5O3/c1-15-10-20(31-19-12-17(6-9-29-19)25(26,27)28)32-21(11-15)33-13-18(30-14-33)24(36)7-4-16(5-8-24)23(2,3)22(34)35/h6,9-14,16,36H,4-5,7-8H2,1-3H3,(H,34,35)(H,29,31,32). The first-order valence-electron chi connectivity index (χ1n) is 11.6. The number of aliphatic carboxylic acids is 1. The van der Waals surface area contributed by atoms with Crippen LogP contribution in [-0.2, 0) is 16.6 Å². The average molecular weight is 504 g/mol. The van der Waals surface area contributed by atoms with E-state index in [-0.39, 0.29) is 11.7 Å². The van der Waals surface area contributed by atoms with Gasteiger partial charge >= 0.3 is 12.1 Å². The van der Waals surface area contributed by atoms with Crippen LogP contribution in [0, 0.1) is 18.3 Å². The van der Waals surface area contributed by atoms with Gasteiger partial charge in [0, 0.05) is 12.4 Å². The molecule has 4 rings (SSSR count). The summed E-state index contributed by atoms with van der Waals surface area (Å²) < 4.78 is 40.7. The maximum Gasteiger partial charge on any atom is 0.416 e. The summed E-state index contributed by atoms with van der Waals surface area (Å²) in [4.78, 5) is 24.4. The van der Waals surface area contributed by atoms with Gasteiger partial charge in [0.05, 0.1) is 16.7 Å². The number of aryl methyl sites for hydroxylation is 1. The molecule has 1 fully saturated rings. The average Bonchev–Trinajstić information content (AvgIpc) is 3.30. The molecule has 0 aliphatic heterocycles. The van der Waals surface area contributed by atoms with Crippen molar-refractivity contribution in [2.45, 2.75) is 58.2 Å². The van der Waals surface area contributed by atoms with Crippen molar-refractivity contribution in [3.05, 3.63) is 59.8 Å². The predicted molar refractivity (Wildman–Crippen MR) is 126 cm³/mol. The van der Waals surface area contributed by atoms with Gasteiger partial charge in [0.2, 0.25) is 0 Å². The van der Waals surface area contributed by atoms with Gasteiger partial charge in [-0.2, -0.15) is 13.2 Å². The van der Waals surface area contributed by atoms with Crippen molar-refractivity contribution in [2.75, 3.05) is 5.32 Å². The van der Waals surface area contributed by atoms with Gasteiger partial charge in [0.1, 0.15) is 29.4 Å². The van der Waals surface area contributed by atoms with Crippen molar-refractivity contribution < 1.29 is 28.2 Å². The molecule has 0 atom stereocenters. The minimum absolute atomic E-state index is 0.00977. The molecule has 3 aromatic rings. The number of halogens is 3. The highest BCUT2D eigenvalue weighted by Crippen LogP contribution is 2.45. The topological polar surface area (TPSA) is 113 Å². The summed E-state index contributed by atoms with van der Waals surface area (Å²) in [6, 6.07) is 5.28. The molecule has 3 heterocycles. The zero-order valence-corrected chi connectivity index (χ0v) is 20.2. The van der Waals surface area contributed by atoms with Gasteiger partial charge in [-0.1, -0.05) is 0 Å². The molecule has 0 unspecified atom stereocenters. The number of carboxylic acids is 1. The van der Waals surface area contributed by atoms with E-state index in [1.54, 1.807) is 36.7 Å². The van der Waals surface area contributed by atoms with Crippen molar-refractivity contribution in [1.82, 2.24) is 19.5 Å². The lowest BCUT2D eigenvalue weighted by molar-refractivity contribution is -0.152. The number of nitrogens with one attached hydrogen (secondary N) is 1. The molecule has 1 aliphatic rings. The van der Waals surface area contributed by atoms with Crippen molar-refractivity contribution >= 4 is 17.6 Å². The second kappa shape index (κ2) is 9.20. The number of rotatable bonds is 6. The minimum atomic E-state index is -4.49. The van der Waals surface area contributed by atoms with Crippen molar-refractivity contribution in [3.8, 4) is 5.82 Å². The first-order valence-corrected chi connectivity index (χ1v) is 11.6. The normalized spacial score (nSPS) is 20.8. The molecule has 0 spiro atoms. The number of imidazole rings is 1. The van der Waals surface area contributed by atoms with Gasteiger partial charge in [-0.25, -0.2) is 15.0 Å². The number of aromatic nitrogens is 4. The SMILES string of the molecule is Cc1cc(Nc2cc(C(F)(F)F)ccn2)nc(-n2cnc(C3(O)CCC(C(C)(C)C(=O)O)CC3)c2)c1. The molecular weight excluding hydrogens is 475 g/mol. The van der Waals surface area contributed by atoms with Crippen LogP contribution >= 0.6 is 0 Å². The van der Waals surface area contributed by atoms with Crippen molar-refractivity contribution in [3.63, 3.8) is 0 Å². The predicted octanol–water partition coefficient (Wildman–Crippen LogP) is 5.22. The van der Waals surface area contributed by atoms with Crippen LogP contribution in [0.1, 0.15) is 56.4 Å². The number of nitrogens with zero attached hydrogens (tertiary/aromatic N) is 4. The van der Waals surface area contributed by atoms with Gasteiger partial charge in [-0.3, -0.25) is 9.36 Å². The van der Waals surface area contributed by atoms with Crippen LogP contribution in [0.2, 0.25) is 0 Å². The number of alkyl halides is 3. The maximum absolute atomic E-state index is 13.0. The van der Waals surface area contributed by atoms with Crippen molar-refractivity contribution in [1.29, 1.82) is 0 Å². The van der Waals surface area contributed by atoms with Crippen LogP contribution in [0.15, 0.2) is 43.0 Å². The number of anilines is 2. The van der Waals surface area contributed by atoms with Crippen LogP contribution in [0.25, 0.3) is 5.82 Å². The lowest BCUT2D eigenvalue weighted by Crippen LogP contribution is -2.40.